The SMILES string of the molecule is CCOC(=O)C(=O)NCCN(CC)CC. The zero-order valence-corrected chi connectivity index (χ0v) is 9.71. The molecule has 1 amide bonds. The van der Waals surface area contributed by atoms with Crippen molar-refractivity contribution >= 4 is 11.9 Å². The van der Waals surface area contributed by atoms with Crippen LogP contribution in [0.15, 0.2) is 0 Å². The predicted octanol–water partition coefficient (Wildman–Crippen LogP) is 0.00750. The Morgan fingerprint density at radius 3 is 2.27 bits per heavy atom. The molecule has 0 bridgehead atoms. The molecule has 0 aromatic heterocycles. The van der Waals surface area contributed by atoms with Crippen molar-refractivity contribution in [3.05, 3.63) is 0 Å². The van der Waals surface area contributed by atoms with E-state index in [2.05, 4.69) is 28.8 Å². The van der Waals surface area contributed by atoms with Crippen LogP contribution in [0.3, 0.4) is 0 Å². The topological polar surface area (TPSA) is 58.6 Å². The van der Waals surface area contributed by atoms with Crippen molar-refractivity contribution in [3.63, 3.8) is 0 Å². The van der Waals surface area contributed by atoms with Crippen molar-refractivity contribution in [1.29, 1.82) is 0 Å². The third-order valence-electron chi connectivity index (χ3n) is 2.07. The second kappa shape index (κ2) is 8.23. The van der Waals surface area contributed by atoms with Gasteiger partial charge in [0.25, 0.3) is 0 Å². The van der Waals surface area contributed by atoms with Crippen molar-refractivity contribution in [2.45, 2.75) is 20.8 Å². The Hall–Kier alpha value is -1.10. The maximum Gasteiger partial charge on any atom is 0.396 e. The monoisotopic (exact) mass is 216 g/mol. The molecule has 0 aliphatic heterocycles. The van der Waals surface area contributed by atoms with Crippen LogP contribution in [0.1, 0.15) is 20.8 Å². The Balaban J connectivity index is 3.67. The maximum atomic E-state index is 11.1. The van der Waals surface area contributed by atoms with Gasteiger partial charge in [0.1, 0.15) is 0 Å². The lowest BCUT2D eigenvalue weighted by atomic mass is 10.4. The number of carbonyl (C=O) groups excluding carboxylic acids is 2. The molecular weight excluding hydrogens is 196 g/mol. The number of hydrogen-bond acceptors (Lipinski definition) is 4. The van der Waals surface area contributed by atoms with Gasteiger partial charge in [0.15, 0.2) is 0 Å². The Bertz CT molecular complexity index is 203. The van der Waals surface area contributed by atoms with E-state index in [0.29, 0.717) is 6.54 Å². The van der Waals surface area contributed by atoms with Gasteiger partial charge in [-0.15, -0.1) is 0 Å². The molecular formula is C10H20N2O3. The Morgan fingerprint density at radius 1 is 1.20 bits per heavy atom. The van der Waals surface area contributed by atoms with E-state index in [-0.39, 0.29) is 6.61 Å². The van der Waals surface area contributed by atoms with Gasteiger partial charge in [-0.3, -0.25) is 4.79 Å². The van der Waals surface area contributed by atoms with Gasteiger partial charge in [-0.2, -0.15) is 0 Å². The first-order valence-corrected chi connectivity index (χ1v) is 5.32. The molecule has 0 saturated heterocycles. The second-order valence-corrected chi connectivity index (χ2v) is 3.00. The summed E-state index contributed by atoms with van der Waals surface area (Å²) in [6, 6.07) is 0. The summed E-state index contributed by atoms with van der Waals surface area (Å²) in [5, 5.41) is 2.51. The Kier molecular flexibility index (Phi) is 7.62. The number of amides is 1. The minimum Gasteiger partial charge on any atom is -0.459 e. The molecule has 0 spiro atoms. The molecule has 0 aromatic carbocycles. The molecule has 0 heterocycles. The minimum atomic E-state index is -0.808. The van der Waals surface area contributed by atoms with Crippen LogP contribution < -0.4 is 5.32 Å². The number of carbonyl (C=O) groups is 2. The van der Waals surface area contributed by atoms with Crippen molar-refractivity contribution in [2.24, 2.45) is 0 Å². The lowest BCUT2D eigenvalue weighted by Crippen LogP contribution is -2.38. The quantitative estimate of drug-likeness (QED) is 0.502. The largest absolute Gasteiger partial charge is 0.459 e. The van der Waals surface area contributed by atoms with Crippen molar-refractivity contribution < 1.29 is 14.3 Å². The van der Waals surface area contributed by atoms with Crippen LogP contribution in [0, 0.1) is 0 Å². The van der Waals surface area contributed by atoms with Gasteiger partial charge in [0, 0.05) is 13.1 Å². The van der Waals surface area contributed by atoms with Gasteiger partial charge in [0.2, 0.25) is 0 Å². The molecule has 5 heteroatoms. The van der Waals surface area contributed by atoms with Crippen LogP contribution in [0.5, 0.6) is 0 Å². The zero-order valence-electron chi connectivity index (χ0n) is 9.71. The summed E-state index contributed by atoms with van der Waals surface area (Å²) in [4.78, 5) is 24.2. The zero-order chi connectivity index (χ0) is 11.7. The Labute approximate surface area is 90.8 Å². The summed E-state index contributed by atoms with van der Waals surface area (Å²) in [5.74, 6) is -1.47. The average Bonchev–Trinajstić information content (AvgIpc) is 2.24. The molecule has 0 aliphatic carbocycles. The van der Waals surface area contributed by atoms with E-state index < -0.39 is 11.9 Å². The molecule has 5 nitrogen and oxygen atoms in total. The summed E-state index contributed by atoms with van der Waals surface area (Å²) in [6.45, 7) is 9.09. The number of ether oxygens (including phenoxy) is 1. The van der Waals surface area contributed by atoms with Crippen molar-refractivity contribution in [2.75, 3.05) is 32.8 Å². The van der Waals surface area contributed by atoms with E-state index in [0.717, 1.165) is 19.6 Å². The highest BCUT2D eigenvalue weighted by molar-refractivity contribution is 6.32. The van der Waals surface area contributed by atoms with Gasteiger partial charge in [-0.25, -0.2) is 4.79 Å². The van der Waals surface area contributed by atoms with Crippen LogP contribution in [0.2, 0.25) is 0 Å². The fourth-order valence-electron chi connectivity index (χ4n) is 1.14. The van der Waals surface area contributed by atoms with Crippen LogP contribution in [0.4, 0.5) is 0 Å². The first-order valence-electron chi connectivity index (χ1n) is 5.32. The highest BCUT2D eigenvalue weighted by Crippen LogP contribution is 1.84. The molecule has 0 rings (SSSR count). The van der Waals surface area contributed by atoms with Crippen molar-refractivity contribution in [1.82, 2.24) is 10.2 Å². The number of nitrogens with zero attached hydrogens (tertiary/aromatic N) is 1. The summed E-state index contributed by atoms with van der Waals surface area (Å²) in [7, 11) is 0. The number of nitrogens with one attached hydrogen (secondary N) is 1. The highest BCUT2D eigenvalue weighted by Gasteiger charge is 2.13. The van der Waals surface area contributed by atoms with Crippen molar-refractivity contribution in [3.8, 4) is 0 Å². The molecule has 88 valence electrons. The van der Waals surface area contributed by atoms with Gasteiger partial charge in [-0.1, -0.05) is 13.8 Å². The van der Waals surface area contributed by atoms with E-state index in [9.17, 15) is 9.59 Å². The van der Waals surface area contributed by atoms with Crippen LogP contribution in [-0.4, -0.2) is 49.6 Å². The van der Waals surface area contributed by atoms with E-state index in [4.69, 9.17) is 0 Å². The molecule has 0 unspecified atom stereocenters. The summed E-state index contributed by atoms with van der Waals surface area (Å²) in [5.41, 5.74) is 0. The normalized spacial score (nSPS) is 10.1. The maximum absolute atomic E-state index is 11.1. The molecule has 15 heavy (non-hydrogen) atoms. The second-order valence-electron chi connectivity index (χ2n) is 3.00. The highest BCUT2D eigenvalue weighted by atomic mass is 16.5. The number of likely N-dealkylation sites (N-methyl/N-ethyl adjacent to an activating group) is 1. The molecule has 0 atom stereocenters. The summed E-state index contributed by atoms with van der Waals surface area (Å²) < 4.78 is 4.55. The third-order valence-corrected chi connectivity index (χ3v) is 2.07. The molecule has 0 aliphatic rings. The van der Waals surface area contributed by atoms with Gasteiger partial charge >= 0.3 is 11.9 Å². The van der Waals surface area contributed by atoms with E-state index in [1.54, 1.807) is 6.92 Å². The molecule has 0 radical (unpaired) electrons. The molecule has 1 N–H and O–H groups in total. The molecule has 0 aromatic rings. The number of esters is 1. The smallest absolute Gasteiger partial charge is 0.396 e. The fraction of sp³-hybridized carbons (Fsp3) is 0.800. The number of rotatable bonds is 6. The predicted molar refractivity (Wildman–Crippen MR) is 57.4 cm³/mol. The minimum absolute atomic E-state index is 0.225. The van der Waals surface area contributed by atoms with E-state index in [1.165, 1.54) is 0 Å². The van der Waals surface area contributed by atoms with Crippen LogP contribution >= 0.6 is 0 Å². The fourth-order valence-corrected chi connectivity index (χ4v) is 1.14. The lowest BCUT2D eigenvalue weighted by molar-refractivity contribution is -0.154. The summed E-state index contributed by atoms with van der Waals surface area (Å²) >= 11 is 0. The standard InChI is InChI=1S/C10H20N2O3/c1-4-12(5-2)8-7-11-9(13)10(14)15-6-3/h4-8H2,1-3H3,(H,11,13). The van der Waals surface area contributed by atoms with E-state index in [1.807, 2.05) is 0 Å². The van der Waals surface area contributed by atoms with Crippen LogP contribution in [-0.2, 0) is 14.3 Å². The van der Waals surface area contributed by atoms with Gasteiger partial charge < -0.3 is 15.0 Å². The third kappa shape index (κ3) is 6.06. The van der Waals surface area contributed by atoms with Gasteiger partial charge in [0.05, 0.1) is 6.61 Å². The first kappa shape index (κ1) is 13.9. The Morgan fingerprint density at radius 2 is 1.80 bits per heavy atom. The molecule has 0 saturated carbocycles. The van der Waals surface area contributed by atoms with Crippen LogP contribution in [0.25, 0.3) is 0 Å². The number of hydrogen-bond donors (Lipinski definition) is 1. The van der Waals surface area contributed by atoms with E-state index >= 15 is 0 Å². The average molecular weight is 216 g/mol. The first-order chi connectivity index (χ1) is 7.15. The van der Waals surface area contributed by atoms with Gasteiger partial charge in [-0.05, 0) is 20.0 Å². The summed E-state index contributed by atoms with van der Waals surface area (Å²) in [6.07, 6.45) is 0. The lowest BCUT2D eigenvalue weighted by Gasteiger charge is -2.17. The molecule has 0 fully saturated rings.